The van der Waals surface area contributed by atoms with Crippen molar-refractivity contribution >= 4 is 22.2 Å². The number of fused-ring (bicyclic) bond motifs is 3. The second-order valence-corrected chi connectivity index (χ2v) is 9.23. The van der Waals surface area contributed by atoms with Crippen molar-refractivity contribution in [3.05, 3.63) is 87.2 Å². The van der Waals surface area contributed by atoms with E-state index in [9.17, 15) is 14.9 Å². The molecule has 0 N–H and O–H groups in total. The number of nitro groups is 1. The van der Waals surface area contributed by atoms with Crippen LogP contribution in [0, 0.1) is 15.5 Å². The second kappa shape index (κ2) is 7.19. The molecule has 0 bridgehead atoms. The molecule has 3 aromatic carbocycles. The smallest absolute Gasteiger partial charge is 0.269 e. The molecule has 2 aliphatic rings. The Kier molecular flexibility index (Phi) is 4.55. The third kappa shape index (κ3) is 3.23. The molecule has 0 radical (unpaired) electrons. The van der Waals surface area contributed by atoms with E-state index in [0.717, 1.165) is 21.9 Å². The van der Waals surface area contributed by atoms with E-state index in [4.69, 9.17) is 9.47 Å². The molecule has 0 aromatic heterocycles. The molecule has 6 nitrogen and oxygen atoms in total. The number of ether oxygens (including phenoxy) is 2. The zero-order valence-corrected chi connectivity index (χ0v) is 18.2. The van der Waals surface area contributed by atoms with Gasteiger partial charge in [-0.2, -0.15) is 0 Å². The molecule has 1 atom stereocenters. The van der Waals surface area contributed by atoms with Crippen molar-refractivity contribution in [3.63, 3.8) is 0 Å². The summed E-state index contributed by atoms with van der Waals surface area (Å²) < 4.78 is 11.8. The van der Waals surface area contributed by atoms with Crippen LogP contribution in [-0.2, 0) is 4.79 Å². The quantitative estimate of drug-likeness (QED) is 0.381. The molecule has 1 aliphatic carbocycles. The summed E-state index contributed by atoms with van der Waals surface area (Å²) in [5.74, 6) is 1.81. The Hall–Kier alpha value is -3.67. The number of methoxy groups -OCH3 is 1. The number of Topliss-reactive ketones (excluding diaryl/α,β-unsaturated/α-hetero) is 1. The molecule has 0 saturated carbocycles. The first-order chi connectivity index (χ1) is 15.3. The largest absolute Gasteiger partial charge is 0.497 e. The van der Waals surface area contributed by atoms with Crippen LogP contribution in [0.15, 0.2) is 65.9 Å². The number of non-ortho nitro benzene ring substituents is 1. The number of benzene rings is 3. The Balaban J connectivity index is 1.79. The molecule has 0 fully saturated rings. The number of hydrogen-bond donors (Lipinski definition) is 0. The predicted molar refractivity (Wildman–Crippen MR) is 121 cm³/mol. The second-order valence-electron chi connectivity index (χ2n) is 9.23. The first-order valence-electron chi connectivity index (χ1n) is 10.6. The van der Waals surface area contributed by atoms with Gasteiger partial charge >= 0.3 is 0 Å². The third-order valence-corrected chi connectivity index (χ3v) is 6.36. The van der Waals surface area contributed by atoms with Gasteiger partial charge in [0.15, 0.2) is 5.78 Å². The van der Waals surface area contributed by atoms with Gasteiger partial charge in [0, 0.05) is 42.0 Å². The molecular weight excluding hydrogens is 406 g/mol. The fraction of sp³-hybridized carbons (Fsp3) is 0.269. The van der Waals surface area contributed by atoms with Gasteiger partial charge in [0.1, 0.15) is 17.3 Å². The summed E-state index contributed by atoms with van der Waals surface area (Å²) in [6, 6.07) is 16.3. The highest BCUT2D eigenvalue weighted by molar-refractivity contribution is 6.02. The lowest BCUT2D eigenvalue weighted by Gasteiger charge is -2.38. The van der Waals surface area contributed by atoms with Crippen LogP contribution in [-0.4, -0.2) is 17.8 Å². The molecule has 1 unspecified atom stereocenters. The number of nitrogens with zero attached hydrogens (tertiary/aromatic N) is 1. The van der Waals surface area contributed by atoms with Crippen LogP contribution in [0.2, 0.25) is 0 Å². The maximum atomic E-state index is 13.4. The molecule has 0 spiro atoms. The van der Waals surface area contributed by atoms with Gasteiger partial charge < -0.3 is 9.47 Å². The highest BCUT2D eigenvalue weighted by Gasteiger charge is 2.42. The maximum absolute atomic E-state index is 13.4. The standard InChI is InChI=1S/C26H23NO5/c1-26(2)13-20(28)25-22(14-26)32-21-11-7-15-6-10-18(31-3)12-19(15)24(21)23(25)16-4-8-17(9-5-16)27(29)30/h4-12,23H,13-14H2,1-3H3. The minimum atomic E-state index is -0.416. The summed E-state index contributed by atoms with van der Waals surface area (Å²) in [5.41, 5.74) is 2.21. The number of rotatable bonds is 3. The van der Waals surface area contributed by atoms with Crippen LogP contribution < -0.4 is 9.47 Å². The van der Waals surface area contributed by atoms with Crippen LogP contribution in [0.25, 0.3) is 10.8 Å². The fourth-order valence-corrected chi connectivity index (χ4v) is 4.91. The first kappa shape index (κ1) is 20.2. The van der Waals surface area contributed by atoms with Crippen molar-refractivity contribution in [2.45, 2.75) is 32.6 Å². The Bertz CT molecular complexity index is 1300. The average molecular weight is 429 g/mol. The Labute approximate surface area is 185 Å². The van der Waals surface area contributed by atoms with Gasteiger partial charge in [-0.25, -0.2) is 0 Å². The topological polar surface area (TPSA) is 78.7 Å². The zero-order chi connectivity index (χ0) is 22.6. The molecule has 162 valence electrons. The summed E-state index contributed by atoms with van der Waals surface area (Å²) in [7, 11) is 1.62. The monoisotopic (exact) mass is 429 g/mol. The van der Waals surface area contributed by atoms with Crippen molar-refractivity contribution in [3.8, 4) is 11.5 Å². The van der Waals surface area contributed by atoms with Crippen molar-refractivity contribution in [2.24, 2.45) is 5.41 Å². The van der Waals surface area contributed by atoms with Gasteiger partial charge in [-0.3, -0.25) is 14.9 Å². The molecule has 5 rings (SSSR count). The molecule has 32 heavy (non-hydrogen) atoms. The lowest BCUT2D eigenvalue weighted by Crippen LogP contribution is -2.33. The van der Waals surface area contributed by atoms with E-state index in [1.54, 1.807) is 19.2 Å². The van der Waals surface area contributed by atoms with Gasteiger partial charge in [0.2, 0.25) is 0 Å². The predicted octanol–water partition coefficient (Wildman–Crippen LogP) is 5.92. The highest BCUT2D eigenvalue weighted by Crippen LogP contribution is 2.52. The molecule has 1 aliphatic heterocycles. The number of carbonyl (C=O) groups is 1. The zero-order valence-electron chi connectivity index (χ0n) is 18.2. The number of nitro benzene ring substituents is 1. The van der Waals surface area contributed by atoms with E-state index in [2.05, 4.69) is 13.8 Å². The normalized spacial score (nSPS) is 19.2. The van der Waals surface area contributed by atoms with Crippen molar-refractivity contribution in [1.82, 2.24) is 0 Å². The summed E-state index contributed by atoms with van der Waals surface area (Å²) in [4.78, 5) is 24.2. The van der Waals surface area contributed by atoms with Gasteiger partial charge in [0.05, 0.1) is 12.0 Å². The van der Waals surface area contributed by atoms with Crippen molar-refractivity contribution in [2.75, 3.05) is 7.11 Å². The summed E-state index contributed by atoms with van der Waals surface area (Å²) in [5, 5.41) is 13.1. The molecule has 0 saturated heterocycles. The van der Waals surface area contributed by atoms with Crippen LogP contribution in [0.5, 0.6) is 11.5 Å². The highest BCUT2D eigenvalue weighted by atomic mass is 16.6. The molecule has 6 heteroatoms. The maximum Gasteiger partial charge on any atom is 0.269 e. The molecule has 1 heterocycles. The van der Waals surface area contributed by atoms with Crippen molar-refractivity contribution in [1.29, 1.82) is 0 Å². The number of carbonyl (C=O) groups excluding carboxylic acids is 1. The Morgan fingerprint density at radius 1 is 1.06 bits per heavy atom. The number of hydrogen-bond acceptors (Lipinski definition) is 5. The van der Waals surface area contributed by atoms with Gasteiger partial charge in [-0.1, -0.05) is 38.1 Å². The molecular formula is C26H23NO5. The van der Waals surface area contributed by atoms with Crippen LogP contribution >= 0.6 is 0 Å². The fourth-order valence-electron chi connectivity index (χ4n) is 4.91. The first-order valence-corrected chi connectivity index (χ1v) is 10.6. The summed E-state index contributed by atoms with van der Waals surface area (Å²) in [6.45, 7) is 4.14. The van der Waals surface area contributed by atoms with Gasteiger partial charge in [-0.05, 0) is 39.9 Å². The number of allylic oxidation sites excluding steroid dienone is 2. The van der Waals surface area contributed by atoms with Crippen LogP contribution in [0.4, 0.5) is 5.69 Å². The Morgan fingerprint density at radius 3 is 2.47 bits per heavy atom. The van der Waals surface area contributed by atoms with Crippen LogP contribution in [0.1, 0.15) is 43.7 Å². The van der Waals surface area contributed by atoms with E-state index >= 15 is 0 Å². The van der Waals surface area contributed by atoms with E-state index in [-0.39, 0.29) is 22.8 Å². The summed E-state index contributed by atoms with van der Waals surface area (Å²) in [6.07, 6.45) is 1.09. The minimum Gasteiger partial charge on any atom is -0.497 e. The van der Waals surface area contributed by atoms with E-state index < -0.39 is 4.92 Å². The lowest BCUT2D eigenvalue weighted by atomic mass is 9.69. The van der Waals surface area contributed by atoms with Gasteiger partial charge in [0.25, 0.3) is 5.69 Å². The molecule has 3 aromatic rings. The van der Waals surface area contributed by atoms with E-state index in [0.29, 0.717) is 35.7 Å². The van der Waals surface area contributed by atoms with Crippen LogP contribution in [0.3, 0.4) is 0 Å². The summed E-state index contributed by atoms with van der Waals surface area (Å²) >= 11 is 0. The lowest BCUT2D eigenvalue weighted by molar-refractivity contribution is -0.384. The van der Waals surface area contributed by atoms with Gasteiger partial charge in [-0.15, -0.1) is 0 Å². The third-order valence-electron chi connectivity index (χ3n) is 6.36. The number of ketones is 1. The van der Waals surface area contributed by atoms with E-state index in [1.807, 2.05) is 30.3 Å². The minimum absolute atomic E-state index is 0.0194. The van der Waals surface area contributed by atoms with E-state index in [1.165, 1.54) is 12.1 Å². The molecule has 0 amide bonds. The average Bonchev–Trinajstić information content (AvgIpc) is 2.76. The SMILES string of the molecule is COc1ccc2ccc3c(c2c1)C(c1ccc([N+](=O)[O-])cc1)C1=C(CC(C)(C)CC1=O)O3. The van der Waals surface area contributed by atoms with Crippen molar-refractivity contribution < 1.29 is 19.2 Å². The Morgan fingerprint density at radius 2 is 1.78 bits per heavy atom.